The summed E-state index contributed by atoms with van der Waals surface area (Å²) in [6.07, 6.45) is 2.91. The number of benzene rings is 1. The molecule has 0 fully saturated rings. The molecule has 0 radical (unpaired) electrons. The number of carbonyl (C=O) groups is 1. The highest BCUT2D eigenvalue weighted by molar-refractivity contribution is 5.99. The summed E-state index contributed by atoms with van der Waals surface area (Å²) in [6, 6.07) is 8.02. The number of nitrogens with zero attached hydrogens (tertiary/aromatic N) is 3. The highest BCUT2D eigenvalue weighted by atomic mass is 16.4. The maximum Gasteiger partial charge on any atom is 0.337 e. The number of rotatable bonds is 3. The predicted molar refractivity (Wildman–Crippen MR) is 86.0 cm³/mol. The van der Waals surface area contributed by atoms with E-state index in [1.54, 1.807) is 22.8 Å². The van der Waals surface area contributed by atoms with Crippen LogP contribution in [0.5, 0.6) is 0 Å². The Kier molecular flexibility index (Phi) is 3.92. The van der Waals surface area contributed by atoms with Crippen molar-refractivity contribution >= 4 is 17.4 Å². The smallest absolute Gasteiger partial charge is 0.337 e. The lowest BCUT2D eigenvalue weighted by atomic mass is 10.0. The van der Waals surface area contributed by atoms with E-state index in [2.05, 4.69) is 15.5 Å². The van der Waals surface area contributed by atoms with Gasteiger partial charge in [-0.15, -0.1) is 0 Å². The number of hydrogen-bond donors (Lipinski definition) is 2. The first-order chi connectivity index (χ1) is 11.1. The molecule has 118 valence electrons. The van der Waals surface area contributed by atoms with Gasteiger partial charge in [0.25, 0.3) is 5.56 Å². The normalized spacial score (nSPS) is 18.5. The number of hydrazone groups is 1. The number of nitrogens with one attached hydrogen (secondary N) is 1. The lowest BCUT2D eigenvalue weighted by Crippen LogP contribution is -2.33. The third kappa shape index (κ3) is 2.85. The fourth-order valence-electron chi connectivity index (χ4n) is 2.65. The zero-order valence-electron chi connectivity index (χ0n) is 12.6. The van der Waals surface area contributed by atoms with E-state index in [0.717, 1.165) is 6.42 Å². The first-order valence-electron chi connectivity index (χ1n) is 7.30. The number of carboxylic acid groups (broad SMARTS) is 1. The first kappa shape index (κ1) is 15.0. The van der Waals surface area contributed by atoms with E-state index in [4.69, 9.17) is 0 Å². The number of para-hydroxylation sites is 1. The first-order valence-corrected chi connectivity index (χ1v) is 7.30. The van der Waals surface area contributed by atoms with Gasteiger partial charge < -0.3 is 5.11 Å². The van der Waals surface area contributed by atoms with Gasteiger partial charge >= 0.3 is 5.97 Å². The number of aromatic carboxylic acids is 1. The zero-order valence-corrected chi connectivity index (χ0v) is 12.6. The number of anilines is 1. The van der Waals surface area contributed by atoms with E-state index < -0.39 is 5.97 Å². The molecule has 1 aliphatic rings. The van der Waals surface area contributed by atoms with Crippen molar-refractivity contribution in [3.63, 3.8) is 0 Å². The molecule has 1 unspecified atom stereocenters. The van der Waals surface area contributed by atoms with Crippen LogP contribution in [0.2, 0.25) is 0 Å². The van der Waals surface area contributed by atoms with Crippen LogP contribution in [0.15, 0.2) is 46.4 Å². The van der Waals surface area contributed by atoms with Gasteiger partial charge in [-0.25, -0.2) is 9.78 Å². The van der Waals surface area contributed by atoms with Gasteiger partial charge in [0.2, 0.25) is 0 Å². The van der Waals surface area contributed by atoms with Crippen LogP contribution in [0.1, 0.15) is 42.0 Å². The van der Waals surface area contributed by atoms with Crippen LogP contribution < -0.4 is 11.0 Å². The van der Waals surface area contributed by atoms with Gasteiger partial charge in [-0.1, -0.05) is 12.1 Å². The third-order valence-corrected chi connectivity index (χ3v) is 3.85. The van der Waals surface area contributed by atoms with E-state index in [0.29, 0.717) is 23.6 Å². The van der Waals surface area contributed by atoms with Gasteiger partial charge in [0.15, 0.2) is 5.82 Å². The molecule has 0 aliphatic carbocycles. The van der Waals surface area contributed by atoms with Crippen molar-refractivity contribution < 1.29 is 9.90 Å². The van der Waals surface area contributed by atoms with E-state index in [1.807, 2.05) is 6.92 Å². The van der Waals surface area contributed by atoms with E-state index in [1.165, 1.54) is 18.3 Å². The Labute approximate surface area is 132 Å². The number of carboxylic acids is 1. The molecule has 7 nitrogen and oxygen atoms in total. The van der Waals surface area contributed by atoms with Crippen molar-refractivity contribution in [2.75, 3.05) is 5.43 Å². The lowest BCUT2D eigenvalue weighted by molar-refractivity contribution is 0.0698. The Morgan fingerprint density at radius 3 is 2.96 bits per heavy atom. The largest absolute Gasteiger partial charge is 0.478 e. The molecule has 23 heavy (non-hydrogen) atoms. The quantitative estimate of drug-likeness (QED) is 0.846. The van der Waals surface area contributed by atoms with Crippen molar-refractivity contribution in [1.82, 2.24) is 9.55 Å². The summed E-state index contributed by atoms with van der Waals surface area (Å²) in [7, 11) is 0. The average molecular weight is 312 g/mol. The number of hydrogen-bond acceptors (Lipinski definition) is 5. The number of aromatic nitrogens is 2. The molecule has 0 saturated heterocycles. The van der Waals surface area contributed by atoms with Gasteiger partial charge in [0.1, 0.15) is 5.71 Å². The van der Waals surface area contributed by atoms with Crippen molar-refractivity contribution in [3.8, 4) is 0 Å². The summed E-state index contributed by atoms with van der Waals surface area (Å²) < 4.78 is 1.62. The van der Waals surface area contributed by atoms with Crippen LogP contribution in [-0.4, -0.2) is 26.3 Å². The molecule has 2 heterocycles. The average Bonchev–Trinajstić information content (AvgIpc) is 2.54. The molecule has 0 spiro atoms. The van der Waals surface area contributed by atoms with Gasteiger partial charge in [-0.05, 0) is 31.9 Å². The maximum absolute atomic E-state index is 12.0. The summed E-state index contributed by atoms with van der Waals surface area (Å²) >= 11 is 0. The van der Waals surface area contributed by atoms with Crippen LogP contribution in [0.4, 0.5) is 5.69 Å². The van der Waals surface area contributed by atoms with Gasteiger partial charge in [-0.3, -0.25) is 14.8 Å². The van der Waals surface area contributed by atoms with Gasteiger partial charge in [-0.2, -0.15) is 5.10 Å². The summed E-state index contributed by atoms with van der Waals surface area (Å²) in [4.78, 5) is 27.5. The van der Waals surface area contributed by atoms with Crippen molar-refractivity contribution in [1.29, 1.82) is 0 Å². The molecule has 0 bridgehead atoms. The molecule has 1 aromatic carbocycles. The molecule has 3 rings (SSSR count). The van der Waals surface area contributed by atoms with E-state index >= 15 is 0 Å². The monoisotopic (exact) mass is 312 g/mol. The molecule has 0 amide bonds. The second-order valence-electron chi connectivity index (χ2n) is 5.39. The predicted octanol–water partition coefficient (Wildman–Crippen LogP) is 2.11. The Balaban J connectivity index is 1.97. The SMILES string of the molecule is CC1CC/C(=N\Nc2ccccc2C(=O)O)c2nccc(=O)n21. The summed E-state index contributed by atoms with van der Waals surface area (Å²) in [5, 5.41) is 13.5. The molecule has 2 aromatic rings. The van der Waals surface area contributed by atoms with E-state index in [9.17, 15) is 14.7 Å². The van der Waals surface area contributed by atoms with Gasteiger partial charge in [0.05, 0.1) is 11.3 Å². The minimum atomic E-state index is -1.03. The Hall–Kier alpha value is -2.96. The highest BCUT2D eigenvalue weighted by Gasteiger charge is 2.23. The maximum atomic E-state index is 12.0. The third-order valence-electron chi connectivity index (χ3n) is 3.85. The Bertz CT molecular complexity index is 841. The van der Waals surface area contributed by atoms with Crippen LogP contribution >= 0.6 is 0 Å². The van der Waals surface area contributed by atoms with Gasteiger partial charge in [0, 0.05) is 18.3 Å². The molecular weight excluding hydrogens is 296 g/mol. The summed E-state index contributed by atoms with van der Waals surface area (Å²) in [5.41, 5.74) is 3.86. The van der Waals surface area contributed by atoms with Crippen molar-refractivity contribution in [2.24, 2.45) is 5.10 Å². The minimum Gasteiger partial charge on any atom is -0.478 e. The van der Waals surface area contributed by atoms with Crippen molar-refractivity contribution in [3.05, 3.63) is 58.3 Å². The zero-order chi connectivity index (χ0) is 16.4. The fraction of sp³-hybridized carbons (Fsp3) is 0.250. The molecule has 7 heteroatoms. The molecule has 2 N–H and O–H groups in total. The topological polar surface area (TPSA) is 96.6 Å². The van der Waals surface area contributed by atoms with Crippen LogP contribution in [0, 0.1) is 0 Å². The Morgan fingerprint density at radius 1 is 1.39 bits per heavy atom. The lowest BCUT2D eigenvalue weighted by Gasteiger charge is -2.24. The highest BCUT2D eigenvalue weighted by Crippen LogP contribution is 2.22. The second kappa shape index (κ2) is 6.04. The van der Waals surface area contributed by atoms with Crippen LogP contribution in [0.25, 0.3) is 0 Å². The molecule has 1 aromatic heterocycles. The van der Waals surface area contributed by atoms with Crippen LogP contribution in [0.3, 0.4) is 0 Å². The summed E-state index contributed by atoms with van der Waals surface area (Å²) in [6.45, 7) is 1.97. The molecule has 0 saturated carbocycles. The second-order valence-corrected chi connectivity index (χ2v) is 5.39. The summed E-state index contributed by atoms with van der Waals surface area (Å²) in [5.74, 6) is -0.503. The Morgan fingerprint density at radius 2 is 2.17 bits per heavy atom. The van der Waals surface area contributed by atoms with Crippen LogP contribution in [-0.2, 0) is 0 Å². The molecular formula is C16H16N4O3. The minimum absolute atomic E-state index is 0.0662. The molecule has 1 atom stereocenters. The standard InChI is InChI=1S/C16H16N4O3/c1-10-6-7-13(15-17-9-8-14(21)20(10)15)19-18-12-5-3-2-4-11(12)16(22)23/h2-5,8-10,18H,6-7H2,1H3,(H,22,23)/b19-13+. The van der Waals surface area contributed by atoms with Crippen molar-refractivity contribution in [2.45, 2.75) is 25.8 Å². The van der Waals surface area contributed by atoms with E-state index in [-0.39, 0.29) is 17.2 Å². The number of fused-ring (bicyclic) bond motifs is 1. The molecule has 1 aliphatic heterocycles. The fourth-order valence-corrected chi connectivity index (χ4v) is 2.65.